The molecule has 72 valence electrons. The maximum atomic E-state index is 11.7. The minimum atomic E-state index is 0.0886. The number of thiophene rings is 1. The van der Waals surface area contributed by atoms with Crippen LogP contribution in [0.25, 0.3) is 0 Å². The average molecular weight is 262 g/mol. The van der Waals surface area contributed by atoms with Crippen molar-refractivity contribution < 1.29 is 4.79 Å². The lowest BCUT2D eigenvalue weighted by Gasteiger charge is -2.20. The van der Waals surface area contributed by atoms with E-state index in [1.807, 2.05) is 33.0 Å². The number of amides is 1. The number of carbonyl (C=O) groups is 1. The molecule has 0 saturated carbocycles. The molecule has 0 aliphatic rings. The van der Waals surface area contributed by atoms with Gasteiger partial charge in [0.1, 0.15) is 0 Å². The molecule has 0 radical (unpaired) electrons. The van der Waals surface area contributed by atoms with Gasteiger partial charge in [-0.1, -0.05) is 0 Å². The fourth-order valence-corrected chi connectivity index (χ4v) is 2.21. The van der Waals surface area contributed by atoms with Gasteiger partial charge >= 0.3 is 0 Å². The summed E-state index contributed by atoms with van der Waals surface area (Å²) < 4.78 is 0.994. The standard InChI is InChI=1S/C9H12BrNOS/c1-6(2)11(3)9(12)7-4-5-8(10)13-7/h4-6H,1-3H3. The van der Waals surface area contributed by atoms with E-state index >= 15 is 0 Å². The number of rotatable bonds is 2. The molecule has 1 heterocycles. The van der Waals surface area contributed by atoms with Gasteiger partial charge in [0.15, 0.2) is 0 Å². The minimum Gasteiger partial charge on any atom is -0.339 e. The molecule has 0 fully saturated rings. The molecule has 0 aromatic carbocycles. The van der Waals surface area contributed by atoms with E-state index in [4.69, 9.17) is 0 Å². The summed E-state index contributed by atoms with van der Waals surface area (Å²) in [5, 5.41) is 0. The van der Waals surface area contributed by atoms with Crippen LogP contribution in [-0.4, -0.2) is 23.9 Å². The molecule has 0 unspecified atom stereocenters. The van der Waals surface area contributed by atoms with Gasteiger partial charge in [-0.25, -0.2) is 0 Å². The number of nitrogens with zero attached hydrogens (tertiary/aromatic N) is 1. The third-order valence-corrected chi connectivity index (χ3v) is 3.49. The molecule has 1 amide bonds. The van der Waals surface area contributed by atoms with Crippen LogP contribution in [0.4, 0.5) is 0 Å². The van der Waals surface area contributed by atoms with Crippen molar-refractivity contribution in [3.8, 4) is 0 Å². The van der Waals surface area contributed by atoms with Gasteiger partial charge in [-0.3, -0.25) is 4.79 Å². The van der Waals surface area contributed by atoms with Crippen LogP contribution in [0.15, 0.2) is 15.9 Å². The summed E-state index contributed by atoms with van der Waals surface area (Å²) in [6.45, 7) is 4.00. The van der Waals surface area contributed by atoms with E-state index < -0.39 is 0 Å². The van der Waals surface area contributed by atoms with E-state index in [1.54, 1.807) is 4.90 Å². The molecule has 0 aliphatic heterocycles. The molecule has 0 atom stereocenters. The Morgan fingerprint density at radius 1 is 1.54 bits per heavy atom. The monoisotopic (exact) mass is 261 g/mol. The van der Waals surface area contributed by atoms with Crippen molar-refractivity contribution in [2.24, 2.45) is 0 Å². The van der Waals surface area contributed by atoms with Crippen LogP contribution in [0.1, 0.15) is 23.5 Å². The average Bonchev–Trinajstić information content (AvgIpc) is 2.49. The van der Waals surface area contributed by atoms with E-state index in [-0.39, 0.29) is 11.9 Å². The summed E-state index contributed by atoms with van der Waals surface area (Å²) in [6, 6.07) is 3.98. The van der Waals surface area contributed by atoms with Crippen LogP contribution >= 0.6 is 27.3 Å². The first-order chi connectivity index (χ1) is 6.02. The fraction of sp³-hybridized carbons (Fsp3) is 0.444. The molecule has 1 rings (SSSR count). The van der Waals surface area contributed by atoms with Gasteiger partial charge in [0.05, 0.1) is 8.66 Å². The minimum absolute atomic E-state index is 0.0886. The molecule has 1 aromatic heterocycles. The molecular formula is C9H12BrNOS. The lowest BCUT2D eigenvalue weighted by Crippen LogP contribution is -2.32. The maximum absolute atomic E-state index is 11.7. The Kier molecular flexibility index (Phi) is 3.50. The van der Waals surface area contributed by atoms with Crippen molar-refractivity contribution in [3.05, 3.63) is 20.8 Å². The molecule has 13 heavy (non-hydrogen) atoms. The highest BCUT2D eigenvalue weighted by Crippen LogP contribution is 2.23. The number of carbonyl (C=O) groups excluding carboxylic acids is 1. The maximum Gasteiger partial charge on any atom is 0.263 e. The van der Waals surface area contributed by atoms with E-state index in [0.717, 1.165) is 8.66 Å². The Balaban J connectivity index is 2.79. The van der Waals surface area contributed by atoms with Crippen LogP contribution in [0, 0.1) is 0 Å². The zero-order valence-electron chi connectivity index (χ0n) is 7.87. The second-order valence-corrected chi connectivity index (χ2v) is 5.58. The van der Waals surface area contributed by atoms with Gasteiger partial charge in [0.25, 0.3) is 5.91 Å². The van der Waals surface area contributed by atoms with Crippen LogP contribution in [0.3, 0.4) is 0 Å². The van der Waals surface area contributed by atoms with E-state index in [2.05, 4.69) is 15.9 Å². The number of hydrogen-bond acceptors (Lipinski definition) is 2. The summed E-state index contributed by atoms with van der Waals surface area (Å²) in [4.78, 5) is 14.2. The van der Waals surface area contributed by atoms with Crippen LogP contribution in [-0.2, 0) is 0 Å². The first kappa shape index (κ1) is 10.7. The highest BCUT2D eigenvalue weighted by Gasteiger charge is 2.15. The van der Waals surface area contributed by atoms with Gasteiger partial charge in [-0.2, -0.15) is 0 Å². The Morgan fingerprint density at radius 3 is 2.54 bits per heavy atom. The van der Waals surface area contributed by atoms with E-state index in [0.29, 0.717) is 0 Å². The van der Waals surface area contributed by atoms with Crippen LogP contribution in [0.5, 0.6) is 0 Å². The summed E-state index contributed by atoms with van der Waals surface area (Å²) in [5.74, 6) is 0.0886. The van der Waals surface area contributed by atoms with Gasteiger partial charge in [-0.05, 0) is 41.9 Å². The lowest BCUT2D eigenvalue weighted by molar-refractivity contribution is 0.0760. The Bertz CT molecular complexity index is 308. The first-order valence-electron chi connectivity index (χ1n) is 4.05. The Labute approximate surface area is 90.7 Å². The van der Waals surface area contributed by atoms with Crippen molar-refractivity contribution in [2.75, 3.05) is 7.05 Å². The summed E-state index contributed by atoms with van der Waals surface area (Å²) in [6.07, 6.45) is 0. The molecule has 0 aliphatic carbocycles. The largest absolute Gasteiger partial charge is 0.339 e. The topological polar surface area (TPSA) is 20.3 Å². The predicted octanol–water partition coefficient (Wildman–Crippen LogP) is 2.99. The Hall–Kier alpha value is -0.350. The van der Waals surface area contributed by atoms with Crippen molar-refractivity contribution in [3.63, 3.8) is 0 Å². The van der Waals surface area contributed by atoms with Crippen molar-refractivity contribution >= 4 is 33.2 Å². The molecule has 0 saturated heterocycles. The quantitative estimate of drug-likeness (QED) is 0.802. The zero-order valence-corrected chi connectivity index (χ0v) is 10.3. The van der Waals surface area contributed by atoms with Crippen molar-refractivity contribution in [1.29, 1.82) is 0 Å². The molecular weight excluding hydrogens is 250 g/mol. The third-order valence-electron chi connectivity index (χ3n) is 1.88. The highest BCUT2D eigenvalue weighted by atomic mass is 79.9. The van der Waals surface area contributed by atoms with Crippen LogP contribution in [0.2, 0.25) is 0 Å². The lowest BCUT2D eigenvalue weighted by atomic mass is 10.3. The number of halogens is 1. The molecule has 2 nitrogen and oxygen atoms in total. The normalized spacial score (nSPS) is 10.5. The van der Waals surface area contributed by atoms with Gasteiger partial charge in [0.2, 0.25) is 0 Å². The molecule has 0 N–H and O–H groups in total. The summed E-state index contributed by atoms with van der Waals surface area (Å²) >= 11 is 4.80. The molecule has 4 heteroatoms. The van der Waals surface area contributed by atoms with Crippen molar-refractivity contribution in [2.45, 2.75) is 19.9 Å². The second kappa shape index (κ2) is 4.24. The fourth-order valence-electron chi connectivity index (χ4n) is 0.838. The molecule has 0 bridgehead atoms. The third kappa shape index (κ3) is 2.54. The SMILES string of the molecule is CC(C)N(C)C(=O)c1ccc(Br)s1. The van der Waals surface area contributed by atoms with Crippen LogP contribution < -0.4 is 0 Å². The highest BCUT2D eigenvalue weighted by molar-refractivity contribution is 9.11. The predicted molar refractivity (Wildman–Crippen MR) is 59.2 cm³/mol. The summed E-state index contributed by atoms with van der Waals surface area (Å²) in [7, 11) is 1.82. The van der Waals surface area contributed by atoms with Crippen molar-refractivity contribution in [1.82, 2.24) is 4.90 Å². The smallest absolute Gasteiger partial charge is 0.263 e. The second-order valence-electron chi connectivity index (χ2n) is 3.11. The Morgan fingerprint density at radius 2 is 2.15 bits per heavy atom. The van der Waals surface area contributed by atoms with Gasteiger partial charge in [-0.15, -0.1) is 11.3 Å². The first-order valence-corrected chi connectivity index (χ1v) is 5.66. The molecule has 0 spiro atoms. The van der Waals surface area contributed by atoms with E-state index in [1.165, 1.54) is 11.3 Å². The van der Waals surface area contributed by atoms with Gasteiger partial charge < -0.3 is 4.90 Å². The molecule has 1 aromatic rings. The van der Waals surface area contributed by atoms with E-state index in [9.17, 15) is 4.79 Å². The zero-order chi connectivity index (χ0) is 10.0. The van der Waals surface area contributed by atoms with Gasteiger partial charge in [0, 0.05) is 13.1 Å². The number of hydrogen-bond donors (Lipinski definition) is 0. The summed E-state index contributed by atoms with van der Waals surface area (Å²) in [5.41, 5.74) is 0.